The Morgan fingerprint density at radius 3 is 2.94 bits per heavy atom. The molecule has 1 aromatic carbocycles. The first-order valence-electron chi connectivity index (χ1n) is 10.5. The van der Waals surface area contributed by atoms with Gasteiger partial charge >= 0.3 is 5.97 Å². The summed E-state index contributed by atoms with van der Waals surface area (Å²) in [6, 6.07) is 8.46. The van der Waals surface area contributed by atoms with Gasteiger partial charge in [-0.2, -0.15) is 0 Å². The average molecular weight is 485 g/mol. The molecule has 33 heavy (non-hydrogen) atoms. The van der Waals surface area contributed by atoms with Crippen LogP contribution >= 0.6 is 23.4 Å². The number of benzene rings is 1. The van der Waals surface area contributed by atoms with Crippen LogP contribution in [0.25, 0.3) is 16.6 Å². The first-order chi connectivity index (χ1) is 16.0. The first-order valence-corrected chi connectivity index (χ1v) is 11.9. The second-order valence-corrected chi connectivity index (χ2v) is 9.18. The van der Waals surface area contributed by atoms with Gasteiger partial charge in [0.05, 0.1) is 46.9 Å². The number of nitrogens with zero attached hydrogens (tertiary/aromatic N) is 4. The number of carbonyl (C=O) groups excluding carboxylic acids is 1. The van der Waals surface area contributed by atoms with E-state index in [0.717, 1.165) is 24.2 Å². The molecule has 0 spiro atoms. The van der Waals surface area contributed by atoms with Crippen LogP contribution in [0.2, 0.25) is 5.02 Å². The van der Waals surface area contributed by atoms with Gasteiger partial charge in [0.25, 0.3) is 5.56 Å². The van der Waals surface area contributed by atoms with Crippen LogP contribution in [0, 0.1) is 0 Å². The van der Waals surface area contributed by atoms with Gasteiger partial charge < -0.3 is 13.9 Å². The molecule has 1 saturated heterocycles. The molecule has 4 heterocycles. The van der Waals surface area contributed by atoms with E-state index >= 15 is 0 Å². The van der Waals surface area contributed by atoms with Crippen molar-refractivity contribution in [1.29, 1.82) is 0 Å². The van der Waals surface area contributed by atoms with Gasteiger partial charge in [-0.15, -0.1) is 0 Å². The van der Waals surface area contributed by atoms with Crippen LogP contribution in [-0.2, 0) is 21.8 Å². The lowest BCUT2D eigenvalue weighted by atomic mass is 10.1. The lowest BCUT2D eigenvalue weighted by Crippen LogP contribution is -2.29. The molecule has 10 heteroatoms. The topological polar surface area (TPSA) is 87.7 Å². The summed E-state index contributed by atoms with van der Waals surface area (Å²) in [5.74, 6) is 0.0409. The normalized spacial score (nSPS) is 16.0. The molecule has 3 aromatic heterocycles. The van der Waals surface area contributed by atoms with E-state index in [1.807, 2.05) is 16.7 Å². The highest BCUT2D eigenvalue weighted by atomic mass is 35.5. The van der Waals surface area contributed by atoms with Crippen molar-refractivity contribution in [3.63, 3.8) is 0 Å². The number of rotatable bonds is 6. The van der Waals surface area contributed by atoms with Crippen LogP contribution in [0.4, 0.5) is 0 Å². The van der Waals surface area contributed by atoms with Gasteiger partial charge in [-0.25, -0.2) is 14.8 Å². The maximum atomic E-state index is 13.4. The van der Waals surface area contributed by atoms with Crippen molar-refractivity contribution in [3.8, 4) is 0 Å². The zero-order valence-electron chi connectivity index (χ0n) is 17.9. The van der Waals surface area contributed by atoms with E-state index in [1.54, 1.807) is 35.0 Å². The predicted octanol–water partition coefficient (Wildman–Crippen LogP) is 3.96. The van der Waals surface area contributed by atoms with Crippen molar-refractivity contribution in [2.75, 3.05) is 13.7 Å². The average Bonchev–Trinajstić information content (AvgIpc) is 3.48. The Kier molecular flexibility index (Phi) is 6.09. The fraction of sp³-hybridized carbons (Fsp3) is 0.304. The summed E-state index contributed by atoms with van der Waals surface area (Å²) in [4.78, 5) is 34.7. The second kappa shape index (κ2) is 9.17. The van der Waals surface area contributed by atoms with E-state index in [-0.39, 0.29) is 11.7 Å². The molecule has 1 aliphatic heterocycles. The van der Waals surface area contributed by atoms with Gasteiger partial charge in [0.2, 0.25) is 0 Å². The van der Waals surface area contributed by atoms with Gasteiger partial charge in [-0.1, -0.05) is 23.4 Å². The van der Waals surface area contributed by atoms with Gasteiger partial charge in [0, 0.05) is 24.8 Å². The number of thioether (sulfide) groups is 1. The zero-order valence-corrected chi connectivity index (χ0v) is 19.4. The number of imidazole rings is 1. The van der Waals surface area contributed by atoms with Crippen LogP contribution in [0.3, 0.4) is 0 Å². The number of aromatic nitrogens is 4. The van der Waals surface area contributed by atoms with E-state index in [4.69, 9.17) is 26.1 Å². The molecule has 8 nitrogen and oxygen atoms in total. The molecule has 170 valence electrons. The van der Waals surface area contributed by atoms with Crippen LogP contribution in [0.15, 0.2) is 52.7 Å². The van der Waals surface area contributed by atoms with E-state index in [0.29, 0.717) is 45.5 Å². The van der Waals surface area contributed by atoms with Crippen molar-refractivity contribution >= 4 is 45.9 Å². The number of carbonyl (C=O) groups is 1. The molecule has 0 radical (unpaired) electrons. The third-order valence-electron chi connectivity index (χ3n) is 5.57. The molecule has 1 unspecified atom stereocenters. The van der Waals surface area contributed by atoms with Crippen molar-refractivity contribution in [3.05, 3.63) is 69.4 Å². The largest absolute Gasteiger partial charge is 0.465 e. The Hall–Kier alpha value is -2.88. The molecule has 0 saturated carbocycles. The summed E-state index contributed by atoms with van der Waals surface area (Å²) in [6.07, 6.45) is 5.58. The Bertz CT molecular complexity index is 1410. The van der Waals surface area contributed by atoms with Gasteiger partial charge in [-0.3, -0.25) is 9.36 Å². The summed E-state index contributed by atoms with van der Waals surface area (Å²) in [5.41, 5.74) is 2.28. The van der Waals surface area contributed by atoms with Crippen LogP contribution in [0.5, 0.6) is 0 Å². The maximum absolute atomic E-state index is 13.4. The minimum absolute atomic E-state index is 0.0204. The summed E-state index contributed by atoms with van der Waals surface area (Å²) in [7, 11) is 1.32. The fourth-order valence-electron chi connectivity index (χ4n) is 3.93. The number of fused-ring (bicyclic) bond motifs is 2. The van der Waals surface area contributed by atoms with Crippen LogP contribution in [-0.4, -0.2) is 44.7 Å². The minimum Gasteiger partial charge on any atom is -0.465 e. The summed E-state index contributed by atoms with van der Waals surface area (Å²) >= 11 is 7.50. The third-order valence-corrected chi connectivity index (χ3v) is 6.80. The lowest BCUT2D eigenvalue weighted by molar-refractivity contribution is 0.0601. The molecule has 1 atom stereocenters. The molecule has 0 N–H and O–H groups in total. The molecule has 0 aliphatic carbocycles. The summed E-state index contributed by atoms with van der Waals surface area (Å²) < 4.78 is 14.1. The number of pyridine rings is 1. The highest BCUT2D eigenvalue weighted by Crippen LogP contribution is 2.25. The summed E-state index contributed by atoms with van der Waals surface area (Å²) in [5, 5.41) is 1.63. The summed E-state index contributed by atoms with van der Waals surface area (Å²) in [6.45, 7) is 1.14. The second-order valence-electron chi connectivity index (χ2n) is 7.80. The van der Waals surface area contributed by atoms with Crippen molar-refractivity contribution < 1.29 is 14.3 Å². The molecular formula is C23H21ClN4O4S. The van der Waals surface area contributed by atoms with E-state index < -0.39 is 5.97 Å². The molecule has 5 rings (SSSR count). The van der Waals surface area contributed by atoms with Crippen LogP contribution in [0.1, 0.15) is 28.9 Å². The first kappa shape index (κ1) is 21.9. The lowest BCUT2D eigenvalue weighted by Gasteiger charge is -2.16. The minimum atomic E-state index is -0.472. The smallest absolute Gasteiger partial charge is 0.337 e. The SMILES string of the molecule is COC(=O)c1ccc2c(=O)n(CC3CCCO3)c(SCc3cn4cc(Cl)ccc4n3)nc2c1. The van der Waals surface area contributed by atoms with Crippen LogP contribution < -0.4 is 5.56 Å². The number of esters is 1. The number of ether oxygens (including phenoxy) is 2. The Morgan fingerprint density at radius 1 is 1.27 bits per heavy atom. The highest BCUT2D eigenvalue weighted by Gasteiger charge is 2.21. The standard InChI is InChI=1S/C23H21ClN4O4S/c1-31-22(30)14-4-6-18-19(9-14)26-23(28(21(18)29)12-17-3-2-8-32-17)33-13-16-11-27-10-15(24)5-7-20(27)25-16/h4-7,9-11,17H,2-3,8,12-13H2,1H3. The Morgan fingerprint density at radius 2 is 2.15 bits per heavy atom. The predicted molar refractivity (Wildman–Crippen MR) is 126 cm³/mol. The van der Waals surface area contributed by atoms with E-state index in [9.17, 15) is 9.59 Å². The van der Waals surface area contributed by atoms with Gasteiger partial charge in [0.1, 0.15) is 5.65 Å². The number of methoxy groups -OCH3 is 1. The van der Waals surface area contributed by atoms with E-state index in [2.05, 4.69) is 4.98 Å². The molecule has 0 amide bonds. The fourth-order valence-corrected chi connectivity index (χ4v) is 4.99. The number of hydrogen-bond acceptors (Lipinski definition) is 7. The third kappa shape index (κ3) is 4.48. The van der Waals surface area contributed by atoms with Crippen molar-refractivity contribution in [1.82, 2.24) is 18.9 Å². The molecule has 1 aliphatic rings. The van der Waals surface area contributed by atoms with Crippen molar-refractivity contribution in [2.24, 2.45) is 0 Å². The Labute approximate surface area is 198 Å². The molecular weight excluding hydrogens is 464 g/mol. The molecule has 4 aromatic rings. The molecule has 0 bridgehead atoms. The molecule has 1 fully saturated rings. The Balaban J connectivity index is 1.52. The quantitative estimate of drug-likeness (QED) is 0.232. The zero-order chi connectivity index (χ0) is 22.9. The van der Waals surface area contributed by atoms with Crippen molar-refractivity contribution in [2.45, 2.75) is 36.4 Å². The van der Waals surface area contributed by atoms with Gasteiger partial charge in [-0.05, 0) is 43.2 Å². The maximum Gasteiger partial charge on any atom is 0.337 e. The number of halogens is 1. The van der Waals surface area contributed by atoms with Gasteiger partial charge in [0.15, 0.2) is 5.16 Å². The number of hydrogen-bond donors (Lipinski definition) is 0. The highest BCUT2D eigenvalue weighted by molar-refractivity contribution is 7.98. The monoisotopic (exact) mass is 484 g/mol. The van der Waals surface area contributed by atoms with E-state index in [1.165, 1.54) is 18.9 Å².